The molecule has 0 aromatic heterocycles. The van der Waals surface area contributed by atoms with Gasteiger partial charge in [-0.25, -0.2) is 8.42 Å². The number of carbonyl (C=O) groups excluding carboxylic acids is 2. The molecular weight excluding hydrogens is 658 g/mol. The Kier molecular flexibility index (Phi) is 12.4. The van der Waals surface area contributed by atoms with Crippen LogP contribution in [0.4, 0.5) is 5.69 Å². The van der Waals surface area contributed by atoms with Crippen LogP contribution in [0.2, 0.25) is 5.02 Å². The molecule has 1 atom stereocenters. The number of amides is 2. The summed E-state index contributed by atoms with van der Waals surface area (Å²) in [6.07, 6.45) is 5.27. The second kappa shape index (κ2) is 16.9. The summed E-state index contributed by atoms with van der Waals surface area (Å²) in [5, 5.41) is 3.64. The van der Waals surface area contributed by atoms with E-state index in [0.717, 1.165) is 53.1 Å². The zero-order valence-corrected chi connectivity index (χ0v) is 29.6. The monoisotopic (exact) mass is 701 g/mol. The Morgan fingerprint density at radius 3 is 2.18 bits per heavy atom. The van der Waals surface area contributed by atoms with Crippen LogP contribution in [-0.4, -0.2) is 50.4 Å². The van der Waals surface area contributed by atoms with Crippen molar-refractivity contribution in [2.75, 3.05) is 17.5 Å². The number of aryl methyl sites for hydroxylation is 1. The molecule has 1 saturated carbocycles. The van der Waals surface area contributed by atoms with Crippen molar-refractivity contribution in [1.29, 1.82) is 0 Å². The average Bonchev–Trinajstić information content (AvgIpc) is 3.11. The molecule has 10 heteroatoms. The number of halogens is 1. The van der Waals surface area contributed by atoms with Crippen LogP contribution in [-0.2, 0) is 32.6 Å². The molecule has 1 N–H and O–H groups in total. The van der Waals surface area contributed by atoms with Crippen LogP contribution < -0.4 is 14.4 Å². The summed E-state index contributed by atoms with van der Waals surface area (Å²) >= 11 is 6.10. The van der Waals surface area contributed by atoms with Gasteiger partial charge in [-0.1, -0.05) is 85.5 Å². The first kappa shape index (κ1) is 36.0. The van der Waals surface area contributed by atoms with Crippen LogP contribution in [0.3, 0.4) is 0 Å². The molecule has 0 bridgehead atoms. The van der Waals surface area contributed by atoms with E-state index in [1.165, 1.54) is 24.3 Å². The van der Waals surface area contributed by atoms with Crippen LogP contribution in [0.25, 0.3) is 0 Å². The van der Waals surface area contributed by atoms with Gasteiger partial charge in [-0.05, 0) is 91.9 Å². The molecule has 49 heavy (non-hydrogen) atoms. The maximum absolute atomic E-state index is 14.8. The Morgan fingerprint density at radius 2 is 1.53 bits per heavy atom. The van der Waals surface area contributed by atoms with Crippen molar-refractivity contribution in [1.82, 2.24) is 10.2 Å². The zero-order chi connectivity index (χ0) is 34.8. The summed E-state index contributed by atoms with van der Waals surface area (Å²) in [6, 6.07) is 28.9. The topological polar surface area (TPSA) is 96.0 Å². The largest absolute Gasteiger partial charge is 0.494 e. The van der Waals surface area contributed by atoms with Gasteiger partial charge in [0.05, 0.1) is 17.2 Å². The van der Waals surface area contributed by atoms with Gasteiger partial charge in [0.1, 0.15) is 18.3 Å². The molecule has 2 amide bonds. The SMILES string of the molecule is CCOc1ccc(N(CC(=O)N(Cc2ccccc2C)[C@@H](Cc2ccccc2)C(=O)NC2CCCCC2)S(=O)(=O)c2ccc(Cl)cc2)cc1. The third-order valence-corrected chi connectivity index (χ3v) is 11.0. The van der Waals surface area contributed by atoms with Crippen molar-refractivity contribution in [3.8, 4) is 5.75 Å². The van der Waals surface area contributed by atoms with E-state index in [-0.39, 0.29) is 35.5 Å². The lowest BCUT2D eigenvalue weighted by molar-refractivity contribution is -0.140. The summed E-state index contributed by atoms with van der Waals surface area (Å²) in [5.41, 5.74) is 3.01. The van der Waals surface area contributed by atoms with E-state index in [1.54, 1.807) is 29.2 Å². The third-order valence-electron chi connectivity index (χ3n) is 8.94. The molecule has 8 nitrogen and oxygen atoms in total. The number of carbonyl (C=O) groups is 2. The van der Waals surface area contributed by atoms with Gasteiger partial charge in [-0.15, -0.1) is 0 Å². The summed E-state index contributed by atoms with van der Waals surface area (Å²) in [6.45, 7) is 3.86. The molecule has 0 radical (unpaired) electrons. The van der Waals surface area contributed by atoms with Gasteiger partial charge >= 0.3 is 0 Å². The van der Waals surface area contributed by atoms with Crippen molar-refractivity contribution in [3.05, 3.63) is 125 Å². The highest BCUT2D eigenvalue weighted by Crippen LogP contribution is 2.28. The molecule has 0 aliphatic heterocycles. The zero-order valence-electron chi connectivity index (χ0n) is 28.1. The Hall–Kier alpha value is -4.34. The molecule has 258 valence electrons. The van der Waals surface area contributed by atoms with Crippen molar-refractivity contribution in [2.24, 2.45) is 0 Å². The first-order chi connectivity index (χ1) is 23.7. The minimum atomic E-state index is -4.25. The van der Waals surface area contributed by atoms with Gasteiger partial charge in [-0.3, -0.25) is 13.9 Å². The van der Waals surface area contributed by atoms with E-state index in [9.17, 15) is 18.0 Å². The Bertz CT molecular complexity index is 1790. The second-order valence-electron chi connectivity index (χ2n) is 12.4. The molecule has 1 aliphatic rings. The number of nitrogens with zero attached hydrogens (tertiary/aromatic N) is 2. The second-order valence-corrected chi connectivity index (χ2v) is 14.7. The van der Waals surface area contributed by atoms with Gasteiger partial charge in [0.2, 0.25) is 11.8 Å². The maximum Gasteiger partial charge on any atom is 0.264 e. The normalized spacial score (nSPS) is 14.1. The molecule has 0 unspecified atom stereocenters. The van der Waals surface area contributed by atoms with Gasteiger partial charge in [0, 0.05) is 24.0 Å². The summed E-state index contributed by atoms with van der Waals surface area (Å²) in [7, 11) is -4.25. The predicted octanol–water partition coefficient (Wildman–Crippen LogP) is 7.33. The minimum Gasteiger partial charge on any atom is -0.494 e. The van der Waals surface area contributed by atoms with E-state index in [2.05, 4.69) is 5.32 Å². The molecule has 5 rings (SSSR count). The lowest BCUT2D eigenvalue weighted by Gasteiger charge is -2.35. The molecule has 0 saturated heterocycles. The number of hydrogen-bond acceptors (Lipinski definition) is 5. The van der Waals surface area contributed by atoms with E-state index in [1.807, 2.05) is 68.4 Å². The highest BCUT2D eigenvalue weighted by Gasteiger charge is 2.35. The summed E-state index contributed by atoms with van der Waals surface area (Å²) in [5.74, 6) is -0.176. The number of ether oxygens (including phenoxy) is 1. The fraction of sp³-hybridized carbons (Fsp3) is 0.333. The first-order valence-corrected chi connectivity index (χ1v) is 18.7. The minimum absolute atomic E-state index is 0.0140. The van der Waals surface area contributed by atoms with Crippen LogP contribution in [0, 0.1) is 6.92 Å². The lowest BCUT2D eigenvalue weighted by Crippen LogP contribution is -2.55. The number of nitrogens with one attached hydrogen (secondary N) is 1. The molecular formula is C39H44ClN3O5S. The van der Waals surface area contributed by atoms with Gasteiger partial charge in [0.25, 0.3) is 10.0 Å². The molecule has 0 heterocycles. The van der Waals surface area contributed by atoms with E-state index in [4.69, 9.17) is 16.3 Å². The van der Waals surface area contributed by atoms with Crippen LogP contribution in [0.1, 0.15) is 55.7 Å². The van der Waals surface area contributed by atoms with Crippen LogP contribution >= 0.6 is 11.6 Å². The Morgan fingerprint density at radius 1 is 0.878 bits per heavy atom. The van der Waals surface area contributed by atoms with E-state index in [0.29, 0.717) is 17.4 Å². The fourth-order valence-corrected chi connectivity index (χ4v) is 7.75. The number of hydrogen-bond donors (Lipinski definition) is 1. The number of anilines is 1. The molecule has 1 aliphatic carbocycles. The number of sulfonamides is 1. The van der Waals surface area contributed by atoms with Crippen molar-refractivity contribution >= 4 is 39.1 Å². The molecule has 4 aromatic carbocycles. The van der Waals surface area contributed by atoms with Crippen molar-refractivity contribution < 1.29 is 22.7 Å². The molecule has 0 spiro atoms. The van der Waals surface area contributed by atoms with Gasteiger partial charge in [-0.2, -0.15) is 0 Å². The summed E-state index contributed by atoms with van der Waals surface area (Å²) in [4.78, 5) is 30.6. The molecule has 4 aromatic rings. The van der Waals surface area contributed by atoms with Crippen molar-refractivity contribution in [2.45, 2.75) is 75.9 Å². The average molecular weight is 702 g/mol. The standard InChI is InChI=1S/C39H44ClN3O5S/c1-3-48-35-22-20-34(21-23-35)43(49(46,47)36-24-18-32(40)19-25-36)28-38(44)42(27-31-15-11-10-12-29(31)2)37(26-30-13-6-4-7-14-30)39(45)41-33-16-8-5-9-17-33/h4,6-7,10-15,18-25,33,37H,3,5,8-9,16-17,26-28H2,1-2H3,(H,41,45)/t37-/m0/s1. The smallest absolute Gasteiger partial charge is 0.264 e. The Labute approximate surface area is 295 Å². The van der Waals surface area contributed by atoms with Crippen LogP contribution in [0.15, 0.2) is 108 Å². The number of rotatable bonds is 14. The van der Waals surface area contributed by atoms with E-state index >= 15 is 0 Å². The highest BCUT2D eigenvalue weighted by atomic mass is 35.5. The fourth-order valence-electron chi connectivity index (χ4n) is 6.21. The predicted molar refractivity (Wildman–Crippen MR) is 194 cm³/mol. The maximum atomic E-state index is 14.8. The number of benzene rings is 4. The van der Waals surface area contributed by atoms with Gasteiger partial charge in [0.15, 0.2) is 0 Å². The lowest BCUT2D eigenvalue weighted by atomic mass is 9.94. The quantitative estimate of drug-likeness (QED) is 0.149. The molecule has 1 fully saturated rings. The first-order valence-electron chi connectivity index (χ1n) is 16.8. The highest BCUT2D eigenvalue weighted by molar-refractivity contribution is 7.92. The Balaban J connectivity index is 1.57. The third kappa shape index (κ3) is 9.43. The van der Waals surface area contributed by atoms with Crippen LogP contribution in [0.5, 0.6) is 5.75 Å². The van der Waals surface area contributed by atoms with Gasteiger partial charge < -0.3 is 15.0 Å². The summed E-state index contributed by atoms with van der Waals surface area (Å²) < 4.78 is 35.3. The van der Waals surface area contributed by atoms with Crippen molar-refractivity contribution in [3.63, 3.8) is 0 Å². The van der Waals surface area contributed by atoms with E-state index < -0.39 is 28.5 Å².